The molecule has 0 amide bonds. The van der Waals surface area contributed by atoms with Crippen molar-refractivity contribution in [2.45, 2.75) is 37.4 Å². The van der Waals surface area contributed by atoms with E-state index in [0.29, 0.717) is 0 Å². The van der Waals surface area contributed by atoms with Gasteiger partial charge in [-0.2, -0.15) is 0 Å². The topological polar surface area (TPSA) is 12.5 Å². The van der Waals surface area contributed by atoms with Crippen molar-refractivity contribution in [2.24, 2.45) is 0 Å². The molecule has 0 aliphatic rings. The molecule has 0 saturated carbocycles. The van der Waals surface area contributed by atoms with Crippen molar-refractivity contribution >= 4 is 40.3 Å². The van der Waals surface area contributed by atoms with Crippen LogP contribution in [0.4, 0.5) is 17.1 Å². The van der Waals surface area contributed by atoms with Gasteiger partial charge in [0, 0.05) is 11.4 Å². The SMILES string of the molecule is COc1ccccc1N(c1ccc(C(C)(C)Cl)cc1)c1ccc(C(C)(C)Cl)cc1. The predicted octanol–water partition coefficient (Wildman–Crippen LogP) is 8.11. The second kappa shape index (κ2) is 8.30. The van der Waals surface area contributed by atoms with Crippen LogP contribution in [0.3, 0.4) is 0 Å². The zero-order valence-corrected chi connectivity index (χ0v) is 19.1. The summed E-state index contributed by atoms with van der Waals surface area (Å²) < 4.78 is 5.64. The smallest absolute Gasteiger partial charge is 0.142 e. The Kier molecular flexibility index (Phi) is 6.16. The van der Waals surface area contributed by atoms with Crippen molar-refractivity contribution in [3.8, 4) is 5.75 Å². The quantitative estimate of drug-likeness (QED) is 0.368. The summed E-state index contributed by atoms with van der Waals surface area (Å²) >= 11 is 13.0. The highest BCUT2D eigenvalue weighted by atomic mass is 35.5. The number of para-hydroxylation sites is 2. The molecule has 4 heteroatoms. The van der Waals surface area contributed by atoms with Crippen LogP contribution in [0.15, 0.2) is 72.8 Å². The number of ether oxygens (including phenoxy) is 1. The summed E-state index contributed by atoms with van der Waals surface area (Å²) in [5.41, 5.74) is 5.16. The summed E-state index contributed by atoms with van der Waals surface area (Å²) in [7, 11) is 1.69. The van der Waals surface area contributed by atoms with Gasteiger partial charge in [0.2, 0.25) is 0 Å². The molecule has 0 spiro atoms. The molecule has 2 nitrogen and oxygen atoms in total. The highest BCUT2D eigenvalue weighted by molar-refractivity contribution is 6.23. The number of methoxy groups -OCH3 is 1. The van der Waals surface area contributed by atoms with Crippen LogP contribution < -0.4 is 9.64 Å². The molecule has 3 aromatic rings. The first kappa shape index (κ1) is 21.5. The van der Waals surface area contributed by atoms with Gasteiger partial charge in [-0.15, -0.1) is 23.2 Å². The van der Waals surface area contributed by atoms with Crippen molar-refractivity contribution in [1.82, 2.24) is 0 Å². The highest BCUT2D eigenvalue weighted by Crippen LogP contribution is 2.41. The van der Waals surface area contributed by atoms with Crippen LogP contribution in [0.2, 0.25) is 0 Å². The maximum absolute atomic E-state index is 6.49. The van der Waals surface area contributed by atoms with E-state index >= 15 is 0 Å². The third-order valence-electron chi connectivity index (χ3n) is 4.95. The van der Waals surface area contributed by atoms with E-state index in [2.05, 4.69) is 59.5 Å². The third-order valence-corrected chi connectivity index (χ3v) is 5.39. The third kappa shape index (κ3) is 4.88. The Hall–Kier alpha value is -2.16. The average Bonchev–Trinajstić information content (AvgIpc) is 2.68. The zero-order valence-electron chi connectivity index (χ0n) is 17.5. The minimum Gasteiger partial charge on any atom is -0.495 e. The number of halogens is 2. The van der Waals surface area contributed by atoms with Crippen LogP contribution in [0, 0.1) is 0 Å². The number of benzene rings is 3. The van der Waals surface area contributed by atoms with Gasteiger partial charge in [0.05, 0.1) is 22.5 Å². The molecule has 29 heavy (non-hydrogen) atoms. The molecule has 0 saturated heterocycles. The summed E-state index contributed by atoms with van der Waals surface area (Å²) in [4.78, 5) is 1.34. The van der Waals surface area contributed by atoms with E-state index in [1.54, 1.807) is 7.11 Å². The van der Waals surface area contributed by atoms with Crippen LogP contribution >= 0.6 is 23.2 Å². The van der Waals surface area contributed by atoms with E-state index in [1.165, 1.54) is 0 Å². The molecular weight excluding hydrogens is 401 g/mol. The number of nitrogens with zero attached hydrogens (tertiary/aromatic N) is 1. The maximum Gasteiger partial charge on any atom is 0.142 e. The fourth-order valence-corrected chi connectivity index (χ4v) is 3.51. The van der Waals surface area contributed by atoms with Crippen molar-refractivity contribution in [1.29, 1.82) is 0 Å². The molecule has 0 bridgehead atoms. The van der Waals surface area contributed by atoms with Crippen molar-refractivity contribution in [3.05, 3.63) is 83.9 Å². The highest BCUT2D eigenvalue weighted by Gasteiger charge is 2.21. The fraction of sp³-hybridized carbons (Fsp3) is 0.280. The number of rotatable bonds is 6. The van der Waals surface area contributed by atoms with E-state index < -0.39 is 9.75 Å². The normalized spacial score (nSPS) is 12.0. The summed E-state index contributed by atoms with van der Waals surface area (Å²) in [6.45, 7) is 7.98. The van der Waals surface area contributed by atoms with Crippen LogP contribution in [-0.2, 0) is 9.75 Å². The van der Waals surface area contributed by atoms with E-state index in [4.69, 9.17) is 27.9 Å². The van der Waals surface area contributed by atoms with E-state index in [0.717, 1.165) is 33.9 Å². The van der Waals surface area contributed by atoms with Gasteiger partial charge in [-0.25, -0.2) is 0 Å². The van der Waals surface area contributed by atoms with E-state index in [-0.39, 0.29) is 0 Å². The number of alkyl halides is 2. The molecule has 0 radical (unpaired) electrons. The minimum absolute atomic E-state index is 0.415. The second-order valence-electron chi connectivity index (χ2n) is 8.05. The van der Waals surface area contributed by atoms with Crippen molar-refractivity contribution in [3.63, 3.8) is 0 Å². The van der Waals surface area contributed by atoms with Gasteiger partial charge in [0.25, 0.3) is 0 Å². The van der Waals surface area contributed by atoms with Crippen LogP contribution in [0.25, 0.3) is 0 Å². The largest absolute Gasteiger partial charge is 0.495 e. The van der Waals surface area contributed by atoms with Gasteiger partial charge in [-0.1, -0.05) is 36.4 Å². The second-order valence-corrected chi connectivity index (χ2v) is 9.94. The predicted molar refractivity (Wildman–Crippen MR) is 125 cm³/mol. The Labute approximate surface area is 184 Å². The Morgan fingerprint density at radius 3 is 1.45 bits per heavy atom. The van der Waals surface area contributed by atoms with Crippen molar-refractivity contribution < 1.29 is 4.74 Å². The summed E-state index contributed by atoms with van der Waals surface area (Å²) in [6.07, 6.45) is 0. The number of anilines is 3. The number of hydrogen-bond donors (Lipinski definition) is 0. The molecule has 0 aromatic heterocycles. The molecule has 3 rings (SSSR count). The number of hydrogen-bond acceptors (Lipinski definition) is 2. The molecule has 0 unspecified atom stereocenters. The van der Waals surface area contributed by atoms with E-state index in [1.807, 2.05) is 45.9 Å². The average molecular weight is 428 g/mol. The molecule has 0 N–H and O–H groups in total. The first-order chi connectivity index (χ1) is 13.6. The Bertz CT molecular complexity index is 894. The minimum atomic E-state index is -0.415. The lowest BCUT2D eigenvalue weighted by Crippen LogP contribution is -2.13. The molecule has 0 atom stereocenters. The van der Waals surface area contributed by atoms with E-state index in [9.17, 15) is 0 Å². The van der Waals surface area contributed by atoms with Crippen LogP contribution in [0.1, 0.15) is 38.8 Å². The Balaban J connectivity index is 2.12. The molecule has 152 valence electrons. The van der Waals surface area contributed by atoms with Crippen molar-refractivity contribution in [2.75, 3.05) is 12.0 Å². The first-order valence-corrected chi connectivity index (χ1v) is 10.4. The standard InChI is InChI=1S/C25H27Cl2NO/c1-24(2,26)18-10-14-20(15-11-18)28(22-8-6-7-9-23(22)29-5)21-16-12-19(13-17-21)25(3,4)27/h6-17H,1-5H3. The van der Waals surface area contributed by atoms with Crippen LogP contribution in [-0.4, -0.2) is 7.11 Å². The Morgan fingerprint density at radius 2 is 1.07 bits per heavy atom. The van der Waals surface area contributed by atoms with Gasteiger partial charge in [-0.05, 0) is 75.2 Å². The van der Waals surface area contributed by atoms with Crippen LogP contribution in [0.5, 0.6) is 5.75 Å². The Morgan fingerprint density at radius 1 is 0.655 bits per heavy atom. The summed E-state index contributed by atoms with van der Waals surface area (Å²) in [5, 5.41) is 0. The lowest BCUT2D eigenvalue weighted by atomic mass is 10.0. The van der Waals surface area contributed by atoms with Gasteiger partial charge >= 0.3 is 0 Å². The molecule has 3 aromatic carbocycles. The van der Waals surface area contributed by atoms with Gasteiger partial charge in [0.1, 0.15) is 5.75 Å². The summed E-state index contributed by atoms with van der Waals surface area (Å²) in [6, 6.07) is 24.6. The zero-order chi connectivity index (χ0) is 21.2. The molecular formula is C25H27Cl2NO. The lowest BCUT2D eigenvalue weighted by molar-refractivity contribution is 0.416. The monoisotopic (exact) mass is 427 g/mol. The molecule has 0 heterocycles. The molecule has 0 aliphatic heterocycles. The molecule has 0 aliphatic carbocycles. The lowest BCUT2D eigenvalue weighted by Gasteiger charge is -2.28. The summed E-state index contributed by atoms with van der Waals surface area (Å²) in [5.74, 6) is 0.802. The first-order valence-electron chi connectivity index (χ1n) is 9.63. The fourth-order valence-electron chi connectivity index (χ4n) is 3.26. The molecule has 0 fully saturated rings. The van der Waals surface area contributed by atoms with Gasteiger partial charge in [0.15, 0.2) is 0 Å². The maximum atomic E-state index is 6.49. The van der Waals surface area contributed by atoms with Gasteiger partial charge < -0.3 is 9.64 Å². The van der Waals surface area contributed by atoms with Gasteiger partial charge in [-0.3, -0.25) is 0 Å².